The van der Waals surface area contributed by atoms with E-state index in [1.807, 2.05) is 0 Å². The van der Waals surface area contributed by atoms with Gasteiger partial charge in [-0.15, -0.1) is 0 Å². The Labute approximate surface area is 119 Å². The molecule has 0 spiro atoms. The summed E-state index contributed by atoms with van der Waals surface area (Å²) >= 11 is 0. The second-order valence-corrected chi connectivity index (χ2v) is 4.33. The van der Waals surface area contributed by atoms with Crippen LogP contribution in [0.25, 0.3) is 0 Å². The number of carbonyl (C=O) groups is 1. The van der Waals surface area contributed by atoms with Crippen molar-refractivity contribution in [2.75, 3.05) is 5.32 Å². The number of amides is 1. The highest BCUT2D eigenvalue weighted by molar-refractivity contribution is 5.94. The van der Waals surface area contributed by atoms with Gasteiger partial charge in [0.1, 0.15) is 23.2 Å². The molecule has 2 aromatic rings. The van der Waals surface area contributed by atoms with Gasteiger partial charge < -0.3 is 10.1 Å². The SMILES string of the molecule is CC(Oc1cccc(F)c1)C(=O)Nc1ccc(F)cc1F. The monoisotopic (exact) mass is 295 g/mol. The first-order chi connectivity index (χ1) is 9.95. The molecule has 3 nitrogen and oxygen atoms in total. The van der Waals surface area contributed by atoms with E-state index in [0.29, 0.717) is 6.07 Å². The molecule has 0 aliphatic heterocycles. The maximum absolute atomic E-state index is 13.4. The van der Waals surface area contributed by atoms with Gasteiger partial charge in [-0.1, -0.05) is 6.07 Å². The average Bonchev–Trinajstić information content (AvgIpc) is 2.41. The van der Waals surface area contributed by atoms with Crippen LogP contribution in [0.1, 0.15) is 6.92 Å². The molecule has 0 saturated carbocycles. The zero-order chi connectivity index (χ0) is 15.4. The summed E-state index contributed by atoms with van der Waals surface area (Å²) in [6.07, 6.45) is -0.976. The Hall–Kier alpha value is -2.50. The second kappa shape index (κ2) is 6.30. The number of benzene rings is 2. The molecule has 0 bridgehead atoms. The third-order valence-electron chi connectivity index (χ3n) is 2.67. The van der Waals surface area contributed by atoms with Crippen molar-refractivity contribution in [1.29, 1.82) is 0 Å². The van der Waals surface area contributed by atoms with Gasteiger partial charge in [-0.2, -0.15) is 0 Å². The molecule has 1 unspecified atom stereocenters. The van der Waals surface area contributed by atoms with E-state index in [-0.39, 0.29) is 11.4 Å². The molecule has 0 fully saturated rings. The number of ether oxygens (including phenoxy) is 1. The van der Waals surface area contributed by atoms with Crippen molar-refractivity contribution in [1.82, 2.24) is 0 Å². The lowest BCUT2D eigenvalue weighted by Gasteiger charge is -2.15. The Kier molecular flexibility index (Phi) is 4.47. The molecule has 0 aromatic heterocycles. The summed E-state index contributed by atoms with van der Waals surface area (Å²) in [5.74, 6) is -2.58. The summed E-state index contributed by atoms with van der Waals surface area (Å²) in [6.45, 7) is 1.43. The van der Waals surface area contributed by atoms with Crippen molar-refractivity contribution in [3.63, 3.8) is 0 Å². The van der Waals surface area contributed by atoms with Crippen LogP contribution in [0, 0.1) is 17.5 Å². The molecule has 0 radical (unpaired) electrons. The van der Waals surface area contributed by atoms with Crippen LogP contribution < -0.4 is 10.1 Å². The third-order valence-corrected chi connectivity index (χ3v) is 2.67. The molecule has 1 N–H and O–H groups in total. The van der Waals surface area contributed by atoms with Gasteiger partial charge in [-0.25, -0.2) is 13.2 Å². The number of hydrogen-bond donors (Lipinski definition) is 1. The van der Waals surface area contributed by atoms with Crippen molar-refractivity contribution < 1.29 is 22.7 Å². The van der Waals surface area contributed by atoms with Gasteiger partial charge in [0.15, 0.2) is 6.10 Å². The summed E-state index contributed by atoms with van der Waals surface area (Å²) in [6, 6.07) is 8.09. The van der Waals surface area contributed by atoms with Crippen LogP contribution in [-0.4, -0.2) is 12.0 Å². The van der Waals surface area contributed by atoms with E-state index in [9.17, 15) is 18.0 Å². The first-order valence-corrected chi connectivity index (χ1v) is 6.14. The molecule has 0 saturated heterocycles. The van der Waals surface area contributed by atoms with E-state index >= 15 is 0 Å². The quantitative estimate of drug-likeness (QED) is 0.937. The number of halogens is 3. The molecular weight excluding hydrogens is 283 g/mol. The van der Waals surface area contributed by atoms with Crippen LogP contribution in [0.3, 0.4) is 0 Å². The van der Waals surface area contributed by atoms with Crippen molar-refractivity contribution in [2.45, 2.75) is 13.0 Å². The van der Waals surface area contributed by atoms with Gasteiger partial charge in [0.05, 0.1) is 5.69 Å². The molecule has 2 aromatic carbocycles. The Bertz CT molecular complexity index is 661. The van der Waals surface area contributed by atoms with E-state index in [4.69, 9.17) is 4.74 Å². The van der Waals surface area contributed by atoms with Gasteiger partial charge in [0.2, 0.25) is 0 Å². The molecule has 2 rings (SSSR count). The van der Waals surface area contributed by atoms with Crippen molar-refractivity contribution in [3.8, 4) is 5.75 Å². The molecule has 21 heavy (non-hydrogen) atoms. The van der Waals surface area contributed by atoms with Crippen molar-refractivity contribution in [3.05, 3.63) is 59.9 Å². The largest absolute Gasteiger partial charge is 0.481 e. The highest BCUT2D eigenvalue weighted by Crippen LogP contribution is 2.17. The first-order valence-electron chi connectivity index (χ1n) is 6.14. The Balaban J connectivity index is 2.02. The fourth-order valence-corrected chi connectivity index (χ4v) is 1.62. The second-order valence-electron chi connectivity index (χ2n) is 4.33. The van der Waals surface area contributed by atoms with E-state index in [0.717, 1.165) is 18.2 Å². The molecular formula is C15H12F3NO2. The van der Waals surface area contributed by atoms with Crippen molar-refractivity contribution in [2.24, 2.45) is 0 Å². The number of hydrogen-bond acceptors (Lipinski definition) is 2. The van der Waals surface area contributed by atoms with Gasteiger partial charge >= 0.3 is 0 Å². The minimum Gasteiger partial charge on any atom is -0.481 e. The minimum atomic E-state index is -0.976. The Morgan fingerprint density at radius 1 is 1.10 bits per heavy atom. The number of anilines is 1. The van der Waals surface area contributed by atoms with Crippen LogP contribution in [0.2, 0.25) is 0 Å². The maximum Gasteiger partial charge on any atom is 0.265 e. The van der Waals surface area contributed by atoms with Crippen LogP contribution in [0.15, 0.2) is 42.5 Å². The number of carbonyl (C=O) groups excluding carboxylic acids is 1. The lowest BCUT2D eigenvalue weighted by Crippen LogP contribution is -2.30. The molecule has 110 valence electrons. The zero-order valence-electron chi connectivity index (χ0n) is 11.1. The fourth-order valence-electron chi connectivity index (χ4n) is 1.62. The average molecular weight is 295 g/mol. The predicted octanol–water partition coefficient (Wildman–Crippen LogP) is 3.51. The van der Waals surface area contributed by atoms with E-state index in [1.165, 1.54) is 25.1 Å². The van der Waals surface area contributed by atoms with Crippen LogP contribution in [0.5, 0.6) is 5.75 Å². The van der Waals surface area contributed by atoms with E-state index in [1.54, 1.807) is 0 Å². The summed E-state index contributed by atoms with van der Waals surface area (Å²) in [4.78, 5) is 11.8. The van der Waals surface area contributed by atoms with Gasteiger partial charge in [0.25, 0.3) is 5.91 Å². The zero-order valence-corrected chi connectivity index (χ0v) is 11.1. The summed E-state index contributed by atoms with van der Waals surface area (Å²) in [7, 11) is 0. The van der Waals surface area contributed by atoms with Crippen LogP contribution in [-0.2, 0) is 4.79 Å². The Morgan fingerprint density at radius 3 is 2.48 bits per heavy atom. The van der Waals surface area contributed by atoms with Gasteiger partial charge in [-0.05, 0) is 31.2 Å². The number of nitrogens with one attached hydrogen (secondary N) is 1. The molecule has 1 atom stereocenters. The lowest BCUT2D eigenvalue weighted by atomic mass is 10.2. The highest BCUT2D eigenvalue weighted by atomic mass is 19.1. The van der Waals surface area contributed by atoms with E-state index in [2.05, 4.69) is 5.32 Å². The fraction of sp³-hybridized carbons (Fsp3) is 0.133. The minimum absolute atomic E-state index is 0.156. The third kappa shape index (κ3) is 3.98. The van der Waals surface area contributed by atoms with Gasteiger partial charge in [0, 0.05) is 12.1 Å². The predicted molar refractivity (Wildman–Crippen MR) is 71.5 cm³/mol. The molecule has 0 aliphatic rings. The van der Waals surface area contributed by atoms with Crippen molar-refractivity contribution >= 4 is 11.6 Å². The van der Waals surface area contributed by atoms with Crippen LogP contribution in [0.4, 0.5) is 18.9 Å². The summed E-state index contributed by atoms with van der Waals surface area (Å²) in [5, 5.41) is 2.27. The first kappa shape index (κ1) is 14.9. The lowest BCUT2D eigenvalue weighted by molar-refractivity contribution is -0.122. The number of rotatable bonds is 4. The van der Waals surface area contributed by atoms with E-state index < -0.39 is 29.5 Å². The topological polar surface area (TPSA) is 38.3 Å². The standard InChI is InChI=1S/C15H12F3NO2/c1-9(21-12-4-2-3-10(16)7-12)15(20)19-14-6-5-11(17)8-13(14)18/h2-9H,1H3,(H,19,20). The van der Waals surface area contributed by atoms with Gasteiger partial charge in [-0.3, -0.25) is 4.79 Å². The molecule has 0 heterocycles. The molecule has 6 heteroatoms. The summed E-state index contributed by atoms with van der Waals surface area (Å²) < 4.78 is 44.4. The Morgan fingerprint density at radius 2 is 1.81 bits per heavy atom. The molecule has 0 aliphatic carbocycles. The summed E-state index contributed by atoms with van der Waals surface area (Å²) in [5.41, 5.74) is -0.156. The van der Waals surface area contributed by atoms with Crippen LogP contribution >= 0.6 is 0 Å². The maximum atomic E-state index is 13.4. The normalized spacial score (nSPS) is 11.8. The smallest absolute Gasteiger partial charge is 0.265 e. The highest BCUT2D eigenvalue weighted by Gasteiger charge is 2.17. The molecule has 1 amide bonds.